The average molecular weight is 268 g/mol. The molecule has 2 heterocycles. The summed E-state index contributed by atoms with van der Waals surface area (Å²) < 4.78 is 6.92. The van der Waals surface area contributed by atoms with Crippen molar-refractivity contribution < 1.29 is 14.3 Å². The fraction of sp³-hybridized carbons (Fsp3) is 0.0667. The van der Waals surface area contributed by atoms with Gasteiger partial charge in [0.15, 0.2) is 11.5 Å². The minimum atomic E-state index is -1.07. The van der Waals surface area contributed by atoms with Crippen molar-refractivity contribution in [2.24, 2.45) is 0 Å². The number of furan rings is 1. The van der Waals surface area contributed by atoms with Gasteiger partial charge in [0, 0.05) is 6.07 Å². The van der Waals surface area contributed by atoms with Gasteiger partial charge >= 0.3 is 5.97 Å². The van der Waals surface area contributed by atoms with E-state index in [1.165, 1.54) is 6.07 Å². The van der Waals surface area contributed by atoms with Crippen LogP contribution < -0.4 is 0 Å². The van der Waals surface area contributed by atoms with Crippen LogP contribution in [0.4, 0.5) is 0 Å². The highest BCUT2D eigenvalue weighted by atomic mass is 16.4. The van der Waals surface area contributed by atoms with Crippen molar-refractivity contribution in [3.05, 3.63) is 60.0 Å². The van der Waals surface area contributed by atoms with E-state index in [-0.39, 0.29) is 5.69 Å². The van der Waals surface area contributed by atoms with E-state index in [1.54, 1.807) is 23.1 Å². The second-order valence-corrected chi connectivity index (χ2v) is 4.44. The van der Waals surface area contributed by atoms with Crippen LogP contribution in [-0.2, 0) is 0 Å². The molecule has 0 saturated carbocycles. The zero-order valence-electron chi connectivity index (χ0n) is 10.8. The Morgan fingerprint density at radius 3 is 2.60 bits per heavy atom. The Kier molecular flexibility index (Phi) is 2.87. The van der Waals surface area contributed by atoms with Crippen molar-refractivity contribution >= 4 is 5.97 Å². The molecule has 3 aromatic rings. The number of hydrogen-bond donors (Lipinski definition) is 1. The van der Waals surface area contributed by atoms with Crippen LogP contribution in [-0.4, -0.2) is 20.9 Å². The first kappa shape index (κ1) is 12.2. The van der Waals surface area contributed by atoms with Gasteiger partial charge in [-0.1, -0.05) is 17.7 Å². The number of carboxylic acid groups (broad SMARTS) is 1. The predicted octanol–water partition coefficient (Wildman–Crippen LogP) is 3.14. The third kappa shape index (κ3) is 2.09. The van der Waals surface area contributed by atoms with E-state index in [0.29, 0.717) is 11.5 Å². The van der Waals surface area contributed by atoms with Crippen molar-refractivity contribution in [2.45, 2.75) is 6.92 Å². The summed E-state index contributed by atoms with van der Waals surface area (Å²) in [5.74, 6) is -0.491. The Bertz CT molecular complexity index is 740. The zero-order chi connectivity index (χ0) is 14.1. The highest BCUT2D eigenvalue weighted by molar-refractivity contribution is 5.87. The molecule has 0 fully saturated rings. The number of aromatic nitrogens is 2. The molecule has 100 valence electrons. The molecule has 2 aromatic heterocycles. The summed E-state index contributed by atoms with van der Waals surface area (Å²) in [7, 11) is 0. The summed E-state index contributed by atoms with van der Waals surface area (Å²) >= 11 is 0. The average Bonchev–Trinajstić information content (AvgIpc) is 3.08. The number of rotatable bonds is 3. The molecule has 0 atom stereocenters. The maximum Gasteiger partial charge on any atom is 0.356 e. The van der Waals surface area contributed by atoms with Crippen molar-refractivity contribution in [3.8, 4) is 17.1 Å². The molecule has 1 N–H and O–H groups in total. The van der Waals surface area contributed by atoms with Crippen LogP contribution in [0.3, 0.4) is 0 Å². The fourth-order valence-electron chi connectivity index (χ4n) is 1.97. The maximum atomic E-state index is 11.1. The largest absolute Gasteiger partial charge is 0.476 e. The van der Waals surface area contributed by atoms with E-state index in [2.05, 4.69) is 5.10 Å². The Labute approximate surface area is 115 Å². The van der Waals surface area contributed by atoms with Crippen LogP contribution in [0.15, 0.2) is 53.1 Å². The van der Waals surface area contributed by atoms with E-state index in [4.69, 9.17) is 9.52 Å². The van der Waals surface area contributed by atoms with Gasteiger partial charge in [-0.05, 0) is 31.2 Å². The van der Waals surface area contributed by atoms with Crippen molar-refractivity contribution in [2.75, 3.05) is 0 Å². The highest BCUT2D eigenvalue weighted by Gasteiger charge is 2.17. The topological polar surface area (TPSA) is 68.3 Å². The molecule has 0 aliphatic rings. The number of aromatic carboxylic acids is 1. The lowest BCUT2D eigenvalue weighted by Gasteiger charge is -2.05. The molecule has 3 rings (SSSR count). The molecule has 0 bridgehead atoms. The summed E-state index contributed by atoms with van der Waals surface area (Å²) in [6.45, 7) is 1.99. The summed E-state index contributed by atoms with van der Waals surface area (Å²) in [4.78, 5) is 11.1. The van der Waals surface area contributed by atoms with Crippen LogP contribution in [0, 0.1) is 6.92 Å². The van der Waals surface area contributed by atoms with Gasteiger partial charge in [0.1, 0.15) is 5.69 Å². The Morgan fingerprint density at radius 2 is 2.00 bits per heavy atom. The third-order valence-electron chi connectivity index (χ3n) is 2.98. The van der Waals surface area contributed by atoms with Crippen molar-refractivity contribution in [3.63, 3.8) is 0 Å². The number of aryl methyl sites for hydroxylation is 1. The first-order valence-corrected chi connectivity index (χ1v) is 6.09. The van der Waals surface area contributed by atoms with E-state index in [9.17, 15) is 4.79 Å². The Morgan fingerprint density at radius 1 is 1.25 bits per heavy atom. The van der Waals surface area contributed by atoms with Gasteiger partial charge in [0.05, 0.1) is 12.0 Å². The number of benzene rings is 1. The van der Waals surface area contributed by atoms with E-state index < -0.39 is 5.97 Å². The van der Waals surface area contributed by atoms with E-state index >= 15 is 0 Å². The van der Waals surface area contributed by atoms with Gasteiger partial charge in [-0.2, -0.15) is 5.10 Å². The molecule has 5 heteroatoms. The lowest BCUT2D eigenvalue weighted by Crippen LogP contribution is -2.02. The number of carbonyl (C=O) groups is 1. The van der Waals surface area contributed by atoms with Gasteiger partial charge in [-0.15, -0.1) is 0 Å². The molecular formula is C15H12N2O3. The van der Waals surface area contributed by atoms with Gasteiger partial charge in [0.2, 0.25) is 0 Å². The summed E-state index contributed by atoms with van der Waals surface area (Å²) in [6.07, 6.45) is 1.54. The van der Waals surface area contributed by atoms with Crippen molar-refractivity contribution in [1.29, 1.82) is 0 Å². The molecular weight excluding hydrogens is 256 g/mol. The maximum absolute atomic E-state index is 11.1. The lowest BCUT2D eigenvalue weighted by molar-refractivity contribution is 0.0690. The molecule has 0 saturated heterocycles. The number of hydrogen-bond acceptors (Lipinski definition) is 3. The van der Waals surface area contributed by atoms with Crippen LogP contribution in [0.1, 0.15) is 16.1 Å². The Hall–Kier alpha value is -2.82. The minimum absolute atomic E-state index is 0.0167. The SMILES string of the molecule is Cc1ccc(-n2nc(C(=O)O)cc2-c2ccco2)cc1. The van der Waals surface area contributed by atoms with Gasteiger partial charge in [0.25, 0.3) is 0 Å². The number of carboxylic acids is 1. The smallest absolute Gasteiger partial charge is 0.356 e. The molecule has 1 aromatic carbocycles. The zero-order valence-corrected chi connectivity index (χ0v) is 10.8. The predicted molar refractivity (Wildman–Crippen MR) is 73.0 cm³/mol. The molecule has 0 radical (unpaired) electrons. The van der Waals surface area contributed by atoms with Crippen LogP contribution in [0.5, 0.6) is 0 Å². The first-order chi connectivity index (χ1) is 9.65. The van der Waals surface area contributed by atoms with Crippen LogP contribution in [0.25, 0.3) is 17.1 Å². The lowest BCUT2D eigenvalue weighted by atomic mass is 10.2. The van der Waals surface area contributed by atoms with Crippen molar-refractivity contribution in [1.82, 2.24) is 9.78 Å². The molecule has 0 amide bonds. The highest BCUT2D eigenvalue weighted by Crippen LogP contribution is 2.24. The molecule has 0 aliphatic carbocycles. The quantitative estimate of drug-likeness (QED) is 0.792. The standard InChI is InChI=1S/C15H12N2O3/c1-10-4-6-11(7-5-10)17-13(14-3-2-8-20-14)9-12(16-17)15(18)19/h2-9H,1H3,(H,18,19). The molecule has 0 unspecified atom stereocenters. The molecule has 20 heavy (non-hydrogen) atoms. The molecule has 0 aliphatic heterocycles. The first-order valence-electron chi connectivity index (χ1n) is 6.09. The van der Waals surface area contributed by atoms with Gasteiger partial charge in [-0.25, -0.2) is 9.48 Å². The minimum Gasteiger partial charge on any atom is -0.476 e. The van der Waals surface area contributed by atoms with Gasteiger partial charge < -0.3 is 9.52 Å². The summed E-state index contributed by atoms with van der Waals surface area (Å²) in [5, 5.41) is 13.2. The van der Waals surface area contributed by atoms with E-state index in [0.717, 1.165) is 11.3 Å². The third-order valence-corrected chi connectivity index (χ3v) is 2.98. The van der Waals surface area contributed by atoms with E-state index in [1.807, 2.05) is 31.2 Å². The second kappa shape index (κ2) is 4.70. The molecule has 0 spiro atoms. The number of nitrogens with zero attached hydrogens (tertiary/aromatic N) is 2. The normalized spacial score (nSPS) is 10.7. The molecule has 5 nitrogen and oxygen atoms in total. The van der Waals surface area contributed by atoms with Gasteiger partial charge in [-0.3, -0.25) is 0 Å². The van der Waals surface area contributed by atoms with Crippen LogP contribution >= 0.6 is 0 Å². The monoisotopic (exact) mass is 268 g/mol. The Balaban J connectivity index is 2.18. The fourth-order valence-corrected chi connectivity index (χ4v) is 1.97. The summed E-state index contributed by atoms with van der Waals surface area (Å²) in [5.41, 5.74) is 2.50. The van der Waals surface area contributed by atoms with Crippen LogP contribution in [0.2, 0.25) is 0 Å². The second-order valence-electron chi connectivity index (χ2n) is 4.44. The summed E-state index contributed by atoms with van der Waals surface area (Å²) in [6, 6.07) is 12.7.